The van der Waals surface area contributed by atoms with Gasteiger partial charge in [-0.05, 0) is 37.1 Å². The molecule has 30 heavy (non-hydrogen) atoms. The first kappa shape index (κ1) is 20.4. The van der Waals surface area contributed by atoms with Crippen LogP contribution in [0.1, 0.15) is 23.4 Å². The van der Waals surface area contributed by atoms with E-state index in [2.05, 4.69) is 0 Å². The molecule has 3 heterocycles. The summed E-state index contributed by atoms with van der Waals surface area (Å²) < 4.78 is 32.0. The van der Waals surface area contributed by atoms with Gasteiger partial charge < -0.3 is 14.2 Å². The van der Waals surface area contributed by atoms with Crippen molar-refractivity contribution in [3.63, 3.8) is 0 Å². The molecule has 2 saturated heterocycles. The van der Waals surface area contributed by atoms with Gasteiger partial charge in [-0.1, -0.05) is 0 Å². The first-order chi connectivity index (χ1) is 14.4. The number of amides is 1. The molecule has 0 saturated carbocycles. The highest BCUT2D eigenvalue weighted by molar-refractivity contribution is 7.89. The van der Waals surface area contributed by atoms with E-state index in [9.17, 15) is 23.3 Å². The highest BCUT2D eigenvalue weighted by Crippen LogP contribution is 2.33. The molecule has 0 unspecified atom stereocenters. The van der Waals surface area contributed by atoms with Crippen molar-refractivity contribution in [2.45, 2.75) is 17.7 Å². The Morgan fingerprint density at radius 2 is 1.73 bits per heavy atom. The summed E-state index contributed by atoms with van der Waals surface area (Å²) in [6.07, 6.45) is 3.02. The summed E-state index contributed by atoms with van der Waals surface area (Å²) in [5, 5.41) is 11.7. The molecule has 0 spiro atoms. The maximum absolute atomic E-state index is 12.8. The van der Waals surface area contributed by atoms with Gasteiger partial charge in [-0.3, -0.25) is 14.9 Å². The maximum Gasteiger partial charge on any atom is 0.293 e. The normalized spacial score (nSPS) is 18.0. The first-order valence-electron chi connectivity index (χ1n) is 9.74. The fraction of sp³-hybridized carbons (Fsp3) is 0.421. The van der Waals surface area contributed by atoms with Gasteiger partial charge in [0.1, 0.15) is 5.69 Å². The van der Waals surface area contributed by atoms with E-state index in [1.165, 1.54) is 22.7 Å². The molecule has 1 aromatic carbocycles. The van der Waals surface area contributed by atoms with E-state index in [0.29, 0.717) is 45.0 Å². The smallest absolute Gasteiger partial charge is 0.293 e. The molecule has 0 bridgehead atoms. The van der Waals surface area contributed by atoms with Crippen LogP contribution in [0.15, 0.2) is 45.9 Å². The lowest BCUT2D eigenvalue weighted by Gasteiger charge is -2.35. The highest BCUT2D eigenvalue weighted by atomic mass is 32.2. The van der Waals surface area contributed by atoms with Gasteiger partial charge in [-0.25, -0.2) is 8.42 Å². The lowest BCUT2D eigenvalue weighted by Crippen LogP contribution is -2.48. The van der Waals surface area contributed by atoms with E-state index in [1.54, 1.807) is 21.9 Å². The van der Waals surface area contributed by atoms with E-state index < -0.39 is 14.9 Å². The first-order valence-corrected chi connectivity index (χ1v) is 11.2. The molecule has 10 nitrogen and oxygen atoms in total. The number of anilines is 1. The molecule has 2 aliphatic heterocycles. The van der Waals surface area contributed by atoms with Crippen LogP contribution in [0.5, 0.6) is 0 Å². The van der Waals surface area contributed by atoms with Crippen molar-refractivity contribution in [3.05, 3.63) is 52.5 Å². The fourth-order valence-electron chi connectivity index (χ4n) is 3.86. The minimum absolute atomic E-state index is 0.0634. The summed E-state index contributed by atoms with van der Waals surface area (Å²) in [4.78, 5) is 26.9. The molecule has 2 aliphatic rings. The van der Waals surface area contributed by atoms with Gasteiger partial charge in [0.25, 0.3) is 11.6 Å². The van der Waals surface area contributed by atoms with Crippen LogP contribution in [0.4, 0.5) is 11.4 Å². The second kappa shape index (κ2) is 8.07. The number of nitro benzene ring substituents is 1. The molecule has 4 rings (SSSR count). The quantitative estimate of drug-likeness (QED) is 0.521. The number of carbonyl (C=O) groups excluding carboxylic acids is 1. The molecule has 1 aromatic heterocycles. The van der Waals surface area contributed by atoms with Crippen molar-refractivity contribution in [1.29, 1.82) is 0 Å². The molecule has 2 aromatic rings. The number of benzene rings is 1. The van der Waals surface area contributed by atoms with Crippen molar-refractivity contribution in [3.8, 4) is 0 Å². The Labute approximate surface area is 173 Å². The third-order valence-electron chi connectivity index (χ3n) is 5.49. The predicted octanol–water partition coefficient (Wildman–Crippen LogP) is 1.93. The number of nitrogens with zero attached hydrogens (tertiary/aromatic N) is 4. The van der Waals surface area contributed by atoms with Crippen molar-refractivity contribution in [2.75, 3.05) is 44.2 Å². The molecule has 1 amide bonds. The topological polar surface area (TPSA) is 117 Å². The average Bonchev–Trinajstić information content (AvgIpc) is 3.47. The van der Waals surface area contributed by atoms with Gasteiger partial charge in [0, 0.05) is 45.3 Å². The number of hydrogen-bond acceptors (Lipinski definition) is 7. The summed E-state index contributed by atoms with van der Waals surface area (Å²) in [6.45, 7) is 2.42. The van der Waals surface area contributed by atoms with Gasteiger partial charge in [-0.2, -0.15) is 4.31 Å². The number of rotatable bonds is 5. The highest BCUT2D eigenvalue weighted by Gasteiger charge is 2.32. The SMILES string of the molecule is O=C(c1ccco1)N1CCN(c2ccc(S(=O)(=O)N3CCCC3)cc2[N+](=O)[O-])CC1. The van der Waals surface area contributed by atoms with Crippen molar-refractivity contribution in [1.82, 2.24) is 9.21 Å². The molecule has 11 heteroatoms. The average molecular weight is 434 g/mol. The largest absolute Gasteiger partial charge is 0.459 e. The zero-order chi connectivity index (χ0) is 21.3. The summed E-state index contributed by atoms with van der Waals surface area (Å²) >= 11 is 0. The lowest BCUT2D eigenvalue weighted by molar-refractivity contribution is -0.384. The molecule has 160 valence electrons. The Bertz CT molecular complexity index is 1040. The Balaban J connectivity index is 1.53. The minimum Gasteiger partial charge on any atom is -0.459 e. The van der Waals surface area contributed by atoms with E-state index in [0.717, 1.165) is 18.9 Å². The molecule has 0 atom stereocenters. The summed E-state index contributed by atoms with van der Waals surface area (Å²) in [7, 11) is -3.74. The number of sulfonamides is 1. The van der Waals surface area contributed by atoms with Gasteiger partial charge in [-0.15, -0.1) is 0 Å². The monoisotopic (exact) mass is 434 g/mol. The van der Waals surface area contributed by atoms with Gasteiger partial charge in [0.15, 0.2) is 5.76 Å². The molecule has 0 aliphatic carbocycles. The number of hydrogen-bond donors (Lipinski definition) is 0. The zero-order valence-corrected chi connectivity index (χ0v) is 17.1. The molecule has 0 radical (unpaired) electrons. The summed E-state index contributed by atoms with van der Waals surface area (Å²) in [5.41, 5.74) is 0.103. The predicted molar refractivity (Wildman–Crippen MR) is 108 cm³/mol. The van der Waals surface area contributed by atoms with E-state index in [-0.39, 0.29) is 22.3 Å². The number of carbonyl (C=O) groups is 1. The lowest BCUT2D eigenvalue weighted by atomic mass is 10.2. The zero-order valence-electron chi connectivity index (χ0n) is 16.3. The van der Waals surface area contributed by atoms with E-state index in [1.807, 2.05) is 0 Å². The minimum atomic E-state index is -3.74. The second-order valence-corrected chi connectivity index (χ2v) is 9.21. The van der Waals surface area contributed by atoms with Gasteiger partial charge in [0.2, 0.25) is 10.0 Å². The van der Waals surface area contributed by atoms with Crippen LogP contribution in [0, 0.1) is 10.1 Å². The van der Waals surface area contributed by atoms with Crippen molar-refractivity contribution < 1.29 is 22.6 Å². The number of furan rings is 1. The van der Waals surface area contributed by atoms with Crippen molar-refractivity contribution in [2.24, 2.45) is 0 Å². The van der Waals surface area contributed by atoms with Crippen LogP contribution < -0.4 is 4.90 Å². The Morgan fingerprint density at radius 1 is 1.03 bits per heavy atom. The van der Waals surface area contributed by atoms with Crippen LogP contribution in [-0.4, -0.2) is 67.7 Å². The molecule has 2 fully saturated rings. The van der Waals surface area contributed by atoms with Crippen LogP contribution >= 0.6 is 0 Å². The summed E-state index contributed by atoms with van der Waals surface area (Å²) in [5.74, 6) is 0.0344. The van der Waals surface area contributed by atoms with Crippen LogP contribution in [0.3, 0.4) is 0 Å². The van der Waals surface area contributed by atoms with Crippen LogP contribution in [0.2, 0.25) is 0 Å². The third kappa shape index (κ3) is 3.77. The standard InChI is InChI=1S/C19H22N4O6S/c24-19(18-4-3-13-29-18)21-11-9-20(10-12-21)16-6-5-15(14-17(16)23(25)26)30(27,28)22-7-1-2-8-22/h3-6,13-14H,1-2,7-12H2. The van der Waals surface area contributed by atoms with Crippen molar-refractivity contribution >= 4 is 27.3 Å². The molecular weight excluding hydrogens is 412 g/mol. The Kier molecular flexibility index (Phi) is 5.48. The van der Waals surface area contributed by atoms with E-state index in [4.69, 9.17) is 4.42 Å². The fourth-order valence-corrected chi connectivity index (χ4v) is 5.40. The number of piperazine rings is 1. The van der Waals surface area contributed by atoms with E-state index >= 15 is 0 Å². The van der Waals surface area contributed by atoms with Crippen LogP contribution in [0.25, 0.3) is 0 Å². The van der Waals surface area contributed by atoms with Gasteiger partial charge >= 0.3 is 0 Å². The van der Waals surface area contributed by atoms with Crippen LogP contribution in [-0.2, 0) is 10.0 Å². The molecule has 0 N–H and O–H groups in total. The second-order valence-electron chi connectivity index (χ2n) is 7.28. The number of nitro groups is 1. The Hall–Kier alpha value is -2.92. The molecular formula is C19H22N4O6S. The maximum atomic E-state index is 12.8. The Morgan fingerprint density at radius 3 is 2.33 bits per heavy atom. The summed E-state index contributed by atoms with van der Waals surface area (Å²) in [6, 6.07) is 7.30. The third-order valence-corrected chi connectivity index (χ3v) is 7.38. The van der Waals surface area contributed by atoms with Gasteiger partial charge in [0.05, 0.1) is 16.1 Å².